The van der Waals surface area contributed by atoms with E-state index in [1.54, 1.807) is 7.11 Å². The van der Waals surface area contributed by atoms with Crippen LogP contribution in [0.4, 0.5) is 0 Å². The fraction of sp³-hybridized carbons (Fsp3) is 0.263. The zero-order chi connectivity index (χ0) is 16.9. The second-order valence-corrected chi connectivity index (χ2v) is 5.39. The normalized spacial score (nSPS) is 12.1. The van der Waals surface area contributed by atoms with Crippen LogP contribution in [0.3, 0.4) is 0 Å². The van der Waals surface area contributed by atoms with Crippen molar-refractivity contribution in [3.8, 4) is 23.0 Å². The summed E-state index contributed by atoms with van der Waals surface area (Å²) in [6, 6.07) is 9.27. The zero-order valence-electron chi connectivity index (χ0n) is 13.6. The number of rotatable bonds is 7. The molecule has 24 heavy (non-hydrogen) atoms. The molecule has 0 amide bonds. The Morgan fingerprint density at radius 3 is 2.62 bits per heavy atom. The number of fused-ring (bicyclic) bond motifs is 1. The van der Waals surface area contributed by atoms with Crippen LogP contribution in [0.1, 0.15) is 16.7 Å². The molecule has 0 spiro atoms. The Labute approximate surface area is 141 Å². The van der Waals surface area contributed by atoms with E-state index < -0.39 is 0 Å². The highest BCUT2D eigenvalue weighted by Crippen LogP contribution is 2.38. The van der Waals surface area contributed by atoms with E-state index in [9.17, 15) is 5.11 Å². The maximum Gasteiger partial charge on any atom is 0.231 e. The molecule has 0 unspecified atom stereocenters. The molecule has 0 saturated heterocycles. The Bertz CT molecular complexity index is 739. The first-order chi connectivity index (χ1) is 11.7. The molecular weight excluding hydrogens is 308 g/mol. The van der Waals surface area contributed by atoms with Gasteiger partial charge < -0.3 is 24.1 Å². The van der Waals surface area contributed by atoms with Gasteiger partial charge in [0.2, 0.25) is 6.79 Å². The van der Waals surface area contributed by atoms with Crippen molar-refractivity contribution >= 4 is 0 Å². The van der Waals surface area contributed by atoms with Crippen LogP contribution in [0, 0.1) is 0 Å². The lowest BCUT2D eigenvalue weighted by molar-refractivity contribution is 0.173. The molecule has 1 heterocycles. The van der Waals surface area contributed by atoms with Crippen LogP contribution in [0.5, 0.6) is 23.0 Å². The van der Waals surface area contributed by atoms with E-state index in [1.165, 1.54) is 0 Å². The number of hydrogen-bond donors (Lipinski definition) is 1. The zero-order valence-corrected chi connectivity index (χ0v) is 13.6. The molecule has 0 bridgehead atoms. The molecule has 2 aromatic rings. The van der Waals surface area contributed by atoms with Crippen molar-refractivity contribution in [2.24, 2.45) is 0 Å². The third kappa shape index (κ3) is 3.31. The summed E-state index contributed by atoms with van der Waals surface area (Å²) in [5, 5.41) is 9.50. The molecular formula is C19H20O5. The molecule has 0 fully saturated rings. The van der Waals surface area contributed by atoms with Gasteiger partial charge in [0.15, 0.2) is 11.5 Å². The smallest absolute Gasteiger partial charge is 0.231 e. The average molecular weight is 328 g/mol. The Kier molecular flexibility index (Phi) is 4.91. The van der Waals surface area contributed by atoms with Gasteiger partial charge in [-0.15, -0.1) is 6.58 Å². The monoisotopic (exact) mass is 328 g/mol. The largest absolute Gasteiger partial charge is 0.497 e. The molecule has 126 valence electrons. The molecule has 1 N–H and O–H groups in total. The van der Waals surface area contributed by atoms with Crippen LogP contribution < -0.4 is 18.9 Å². The van der Waals surface area contributed by atoms with Crippen molar-refractivity contribution < 1.29 is 24.1 Å². The maximum atomic E-state index is 9.50. The standard InChI is InChI=1S/C19H20O5/c1-3-4-13-8-18-19(24-12-23-18)9-17(13)22-11-15-7-16(21-2)6-5-14(15)10-20/h3,5-9,20H,1,4,10-12H2,2H3. The first-order valence-corrected chi connectivity index (χ1v) is 7.68. The van der Waals surface area contributed by atoms with Gasteiger partial charge in [-0.2, -0.15) is 0 Å². The topological polar surface area (TPSA) is 57.2 Å². The molecule has 5 nitrogen and oxygen atoms in total. The second kappa shape index (κ2) is 7.27. The number of methoxy groups -OCH3 is 1. The third-order valence-corrected chi connectivity index (χ3v) is 3.89. The van der Waals surface area contributed by atoms with Gasteiger partial charge in [-0.25, -0.2) is 0 Å². The molecule has 0 radical (unpaired) electrons. The molecule has 0 saturated carbocycles. The number of hydrogen-bond acceptors (Lipinski definition) is 5. The van der Waals surface area contributed by atoms with Crippen LogP contribution in [0.25, 0.3) is 0 Å². The van der Waals surface area contributed by atoms with Crippen molar-refractivity contribution in [3.63, 3.8) is 0 Å². The van der Waals surface area contributed by atoms with Gasteiger partial charge in [-0.05, 0) is 35.7 Å². The van der Waals surface area contributed by atoms with Crippen molar-refractivity contribution in [1.29, 1.82) is 0 Å². The highest BCUT2D eigenvalue weighted by molar-refractivity contribution is 5.52. The van der Waals surface area contributed by atoms with Crippen molar-refractivity contribution in [3.05, 3.63) is 59.7 Å². The van der Waals surface area contributed by atoms with Gasteiger partial charge in [-0.3, -0.25) is 0 Å². The molecule has 0 aliphatic carbocycles. The highest BCUT2D eigenvalue weighted by Gasteiger charge is 2.18. The van der Waals surface area contributed by atoms with Crippen molar-refractivity contribution in [1.82, 2.24) is 0 Å². The fourth-order valence-electron chi connectivity index (χ4n) is 2.59. The summed E-state index contributed by atoms with van der Waals surface area (Å²) in [5.74, 6) is 2.83. The molecule has 0 atom stereocenters. The number of aliphatic hydroxyl groups excluding tert-OH is 1. The number of allylic oxidation sites excluding steroid dienone is 1. The van der Waals surface area contributed by atoms with Gasteiger partial charge in [0.1, 0.15) is 18.1 Å². The van der Waals surface area contributed by atoms with Gasteiger partial charge >= 0.3 is 0 Å². The van der Waals surface area contributed by atoms with Crippen LogP contribution >= 0.6 is 0 Å². The second-order valence-electron chi connectivity index (χ2n) is 5.39. The molecule has 1 aliphatic heterocycles. The first-order valence-electron chi connectivity index (χ1n) is 7.68. The highest BCUT2D eigenvalue weighted by atomic mass is 16.7. The fourth-order valence-corrected chi connectivity index (χ4v) is 2.59. The first kappa shape index (κ1) is 16.2. The lowest BCUT2D eigenvalue weighted by atomic mass is 10.1. The third-order valence-electron chi connectivity index (χ3n) is 3.89. The number of benzene rings is 2. The van der Waals surface area contributed by atoms with E-state index in [-0.39, 0.29) is 13.4 Å². The predicted molar refractivity (Wildman–Crippen MR) is 89.7 cm³/mol. The molecule has 3 rings (SSSR count). The van der Waals surface area contributed by atoms with Gasteiger partial charge in [0, 0.05) is 11.6 Å². The number of ether oxygens (including phenoxy) is 4. The van der Waals surface area contributed by atoms with E-state index >= 15 is 0 Å². The SMILES string of the molecule is C=CCc1cc2c(cc1OCc1cc(OC)ccc1CO)OCO2. The van der Waals surface area contributed by atoms with Crippen LogP contribution in [0.2, 0.25) is 0 Å². The van der Waals surface area contributed by atoms with Crippen molar-refractivity contribution in [2.45, 2.75) is 19.6 Å². The maximum absolute atomic E-state index is 9.50. The Hall–Kier alpha value is -2.66. The summed E-state index contributed by atoms with van der Waals surface area (Å²) in [6.45, 7) is 4.26. The van der Waals surface area contributed by atoms with Crippen molar-refractivity contribution in [2.75, 3.05) is 13.9 Å². The Balaban J connectivity index is 1.85. The minimum absolute atomic E-state index is 0.0522. The summed E-state index contributed by atoms with van der Waals surface area (Å²) in [4.78, 5) is 0. The van der Waals surface area contributed by atoms with Gasteiger partial charge in [-0.1, -0.05) is 12.1 Å². The van der Waals surface area contributed by atoms with Crippen LogP contribution in [-0.4, -0.2) is 19.0 Å². The lowest BCUT2D eigenvalue weighted by Crippen LogP contribution is -2.03. The lowest BCUT2D eigenvalue weighted by Gasteiger charge is -2.14. The predicted octanol–water partition coefficient (Wildman–Crippen LogP) is 3.22. The van der Waals surface area contributed by atoms with Gasteiger partial charge in [0.05, 0.1) is 13.7 Å². The van der Waals surface area contributed by atoms with E-state index in [0.29, 0.717) is 24.5 Å². The molecule has 2 aromatic carbocycles. The summed E-state index contributed by atoms with van der Waals surface area (Å²) >= 11 is 0. The van der Waals surface area contributed by atoms with E-state index in [4.69, 9.17) is 18.9 Å². The summed E-state index contributed by atoms with van der Waals surface area (Å²) in [6.07, 6.45) is 2.48. The number of aliphatic hydroxyl groups is 1. The van der Waals surface area contributed by atoms with Crippen LogP contribution in [0.15, 0.2) is 43.0 Å². The summed E-state index contributed by atoms with van der Waals surface area (Å²) in [7, 11) is 1.61. The van der Waals surface area contributed by atoms with Crippen LogP contribution in [-0.2, 0) is 19.6 Å². The quantitative estimate of drug-likeness (QED) is 0.791. The van der Waals surface area contributed by atoms with E-state index in [1.807, 2.05) is 36.4 Å². The molecule has 1 aliphatic rings. The minimum Gasteiger partial charge on any atom is -0.497 e. The average Bonchev–Trinajstić information content (AvgIpc) is 3.06. The minimum atomic E-state index is -0.0522. The van der Waals surface area contributed by atoms with E-state index in [0.717, 1.165) is 28.2 Å². The molecule has 5 heteroatoms. The summed E-state index contributed by atoms with van der Waals surface area (Å²) in [5.41, 5.74) is 2.66. The van der Waals surface area contributed by atoms with Gasteiger partial charge in [0.25, 0.3) is 0 Å². The van der Waals surface area contributed by atoms with E-state index in [2.05, 4.69) is 6.58 Å². The summed E-state index contributed by atoms with van der Waals surface area (Å²) < 4.78 is 22.1. The Morgan fingerprint density at radius 2 is 1.92 bits per heavy atom. The molecule has 0 aromatic heterocycles. The Morgan fingerprint density at radius 1 is 1.12 bits per heavy atom.